The van der Waals surface area contributed by atoms with Gasteiger partial charge in [-0.3, -0.25) is 4.79 Å². The summed E-state index contributed by atoms with van der Waals surface area (Å²) in [6.07, 6.45) is 1.91. The molecule has 1 fully saturated rings. The summed E-state index contributed by atoms with van der Waals surface area (Å²) in [4.78, 5) is 10.7. The topological polar surface area (TPSA) is 49.3 Å². The molecular formula is C9H17NO2. The number of hydrogen-bond donors (Lipinski definition) is 2. The highest BCUT2D eigenvalue weighted by Crippen LogP contribution is 2.22. The Hall–Kier alpha value is -0.570. The van der Waals surface area contributed by atoms with Gasteiger partial charge in [0.15, 0.2) is 0 Å². The van der Waals surface area contributed by atoms with Gasteiger partial charge in [-0.1, -0.05) is 13.8 Å². The first-order valence-electron chi connectivity index (χ1n) is 4.61. The molecule has 1 aliphatic rings. The highest BCUT2D eigenvalue weighted by Gasteiger charge is 2.29. The lowest BCUT2D eigenvalue weighted by molar-refractivity contribution is -0.143. The lowest BCUT2D eigenvalue weighted by Gasteiger charge is -2.32. The average Bonchev–Trinajstić information content (AvgIpc) is 2.04. The van der Waals surface area contributed by atoms with Crippen LogP contribution < -0.4 is 5.32 Å². The maximum atomic E-state index is 10.7. The van der Waals surface area contributed by atoms with Crippen molar-refractivity contribution in [3.05, 3.63) is 0 Å². The summed E-state index contributed by atoms with van der Waals surface area (Å²) in [5.41, 5.74) is 0. The maximum Gasteiger partial charge on any atom is 0.307 e. The van der Waals surface area contributed by atoms with Crippen LogP contribution in [0.3, 0.4) is 0 Å². The number of aliphatic carboxylic acids is 1. The van der Waals surface area contributed by atoms with E-state index in [2.05, 4.69) is 19.2 Å². The first-order chi connectivity index (χ1) is 5.65. The molecule has 3 atom stereocenters. The van der Waals surface area contributed by atoms with E-state index < -0.39 is 5.97 Å². The number of carboxylic acids is 1. The minimum Gasteiger partial charge on any atom is -0.481 e. The van der Waals surface area contributed by atoms with Crippen molar-refractivity contribution >= 4 is 5.97 Å². The van der Waals surface area contributed by atoms with Gasteiger partial charge in [0.25, 0.3) is 0 Å². The Morgan fingerprint density at radius 3 is 2.75 bits per heavy atom. The monoisotopic (exact) mass is 171 g/mol. The van der Waals surface area contributed by atoms with Gasteiger partial charge in [0.05, 0.1) is 5.92 Å². The van der Waals surface area contributed by atoms with Gasteiger partial charge in [-0.15, -0.1) is 0 Å². The third-order valence-corrected chi connectivity index (χ3v) is 2.76. The Balaban J connectivity index is 2.46. The highest BCUT2D eigenvalue weighted by molar-refractivity contribution is 5.70. The molecule has 3 nitrogen and oxygen atoms in total. The van der Waals surface area contributed by atoms with Crippen molar-refractivity contribution < 1.29 is 9.90 Å². The fourth-order valence-corrected chi connectivity index (χ4v) is 1.93. The van der Waals surface area contributed by atoms with Gasteiger partial charge in [0, 0.05) is 12.6 Å². The lowest BCUT2D eigenvalue weighted by Crippen LogP contribution is -2.46. The summed E-state index contributed by atoms with van der Waals surface area (Å²) in [7, 11) is 0. The molecule has 12 heavy (non-hydrogen) atoms. The molecule has 1 saturated heterocycles. The van der Waals surface area contributed by atoms with E-state index in [1.807, 2.05) is 0 Å². The largest absolute Gasteiger partial charge is 0.481 e. The van der Waals surface area contributed by atoms with Crippen molar-refractivity contribution in [2.75, 3.05) is 6.54 Å². The molecular weight excluding hydrogens is 154 g/mol. The molecule has 0 spiro atoms. The third-order valence-electron chi connectivity index (χ3n) is 2.76. The van der Waals surface area contributed by atoms with E-state index in [-0.39, 0.29) is 5.92 Å². The molecule has 0 radical (unpaired) electrons. The van der Waals surface area contributed by atoms with Crippen LogP contribution in [-0.4, -0.2) is 23.7 Å². The molecule has 0 bridgehead atoms. The van der Waals surface area contributed by atoms with Crippen molar-refractivity contribution in [3.63, 3.8) is 0 Å². The number of carbonyl (C=O) groups is 1. The Morgan fingerprint density at radius 2 is 2.33 bits per heavy atom. The molecule has 1 aliphatic heterocycles. The van der Waals surface area contributed by atoms with Crippen molar-refractivity contribution in [1.29, 1.82) is 0 Å². The number of hydrogen-bond acceptors (Lipinski definition) is 2. The number of nitrogens with one attached hydrogen (secondary N) is 1. The minimum absolute atomic E-state index is 0.178. The van der Waals surface area contributed by atoms with E-state index in [0.29, 0.717) is 18.5 Å². The predicted molar refractivity (Wildman–Crippen MR) is 47.0 cm³/mol. The summed E-state index contributed by atoms with van der Waals surface area (Å²) in [6, 6.07) is 0.514. The number of carboxylic acid groups (broad SMARTS) is 1. The second-order valence-electron chi connectivity index (χ2n) is 3.67. The number of piperidine rings is 1. The van der Waals surface area contributed by atoms with Crippen LogP contribution in [0.25, 0.3) is 0 Å². The first kappa shape index (κ1) is 9.52. The molecule has 0 saturated carbocycles. The van der Waals surface area contributed by atoms with Gasteiger partial charge in [0.1, 0.15) is 0 Å². The fourth-order valence-electron chi connectivity index (χ4n) is 1.93. The molecule has 0 aromatic heterocycles. The van der Waals surface area contributed by atoms with Crippen LogP contribution in [0.15, 0.2) is 0 Å². The smallest absolute Gasteiger partial charge is 0.307 e. The van der Waals surface area contributed by atoms with E-state index in [1.54, 1.807) is 0 Å². The zero-order valence-corrected chi connectivity index (χ0v) is 7.71. The van der Waals surface area contributed by atoms with Crippen molar-refractivity contribution in [2.45, 2.75) is 32.7 Å². The second kappa shape index (κ2) is 3.90. The summed E-state index contributed by atoms with van der Waals surface area (Å²) < 4.78 is 0. The molecule has 3 heteroatoms. The van der Waals surface area contributed by atoms with E-state index in [0.717, 1.165) is 12.8 Å². The molecule has 0 aromatic rings. The van der Waals surface area contributed by atoms with Crippen LogP contribution in [0.5, 0.6) is 0 Å². The average molecular weight is 171 g/mol. The lowest BCUT2D eigenvalue weighted by atomic mass is 9.85. The van der Waals surface area contributed by atoms with Crippen molar-refractivity contribution in [3.8, 4) is 0 Å². The zero-order chi connectivity index (χ0) is 9.14. The van der Waals surface area contributed by atoms with Crippen LogP contribution >= 0.6 is 0 Å². The van der Waals surface area contributed by atoms with Crippen LogP contribution in [0.1, 0.15) is 26.7 Å². The predicted octanol–water partition coefficient (Wildman–Crippen LogP) is 1.10. The summed E-state index contributed by atoms with van der Waals surface area (Å²) in [5, 5.41) is 12.0. The van der Waals surface area contributed by atoms with E-state index in [9.17, 15) is 4.79 Å². The normalized spacial score (nSPS) is 36.3. The first-order valence-corrected chi connectivity index (χ1v) is 4.61. The Bertz CT molecular complexity index is 170. The van der Waals surface area contributed by atoms with Gasteiger partial charge in [-0.2, -0.15) is 0 Å². The van der Waals surface area contributed by atoms with Crippen LogP contribution in [0.4, 0.5) is 0 Å². The maximum absolute atomic E-state index is 10.7. The quantitative estimate of drug-likeness (QED) is 0.654. The van der Waals surface area contributed by atoms with E-state index in [1.165, 1.54) is 0 Å². The molecule has 70 valence electrons. The van der Waals surface area contributed by atoms with Gasteiger partial charge in [0.2, 0.25) is 0 Å². The van der Waals surface area contributed by atoms with E-state index >= 15 is 0 Å². The SMILES string of the molecule is CCC1NCC(C(=O)O)CC1C. The van der Waals surface area contributed by atoms with Gasteiger partial charge >= 0.3 is 5.97 Å². The molecule has 1 rings (SSSR count). The van der Waals surface area contributed by atoms with Gasteiger partial charge < -0.3 is 10.4 Å². The molecule has 0 aromatic carbocycles. The minimum atomic E-state index is -0.663. The number of rotatable bonds is 2. The Morgan fingerprint density at radius 1 is 1.67 bits per heavy atom. The molecule has 0 amide bonds. The molecule has 3 unspecified atom stereocenters. The highest BCUT2D eigenvalue weighted by atomic mass is 16.4. The molecule has 2 N–H and O–H groups in total. The molecule has 1 heterocycles. The standard InChI is InChI=1S/C9H17NO2/c1-3-8-6(2)4-7(5-10-8)9(11)12/h6-8,10H,3-5H2,1-2H3,(H,11,12). The van der Waals surface area contributed by atoms with Crippen LogP contribution in [-0.2, 0) is 4.79 Å². The van der Waals surface area contributed by atoms with E-state index in [4.69, 9.17) is 5.11 Å². The Labute approximate surface area is 73.2 Å². The summed E-state index contributed by atoms with van der Waals surface area (Å²) in [5.74, 6) is -0.350. The Kier molecular flexibility index (Phi) is 3.09. The van der Waals surface area contributed by atoms with Crippen molar-refractivity contribution in [2.24, 2.45) is 11.8 Å². The van der Waals surface area contributed by atoms with Gasteiger partial charge in [-0.05, 0) is 18.8 Å². The third kappa shape index (κ3) is 1.97. The summed E-state index contributed by atoms with van der Waals surface area (Å²) in [6.45, 7) is 4.89. The van der Waals surface area contributed by atoms with Gasteiger partial charge in [-0.25, -0.2) is 0 Å². The second-order valence-corrected chi connectivity index (χ2v) is 3.67. The fraction of sp³-hybridized carbons (Fsp3) is 0.889. The molecule has 0 aliphatic carbocycles. The van der Waals surface area contributed by atoms with Crippen LogP contribution in [0, 0.1) is 11.8 Å². The summed E-state index contributed by atoms with van der Waals surface area (Å²) >= 11 is 0. The zero-order valence-electron chi connectivity index (χ0n) is 7.71. The van der Waals surface area contributed by atoms with Crippen molar-refractivity contribution in [1.82, 2.24) is 5.32 Å². The van der Waals surface area contributed by atoms with Crippen LogP contribution in [0.2, 0.25) is 0 Å².